The number of thiocarbonyl (C=S) groups is 1. The summed E-state index contributed by atoms with van der Waals surface area (Å²) < 4.78 is 69.4. The number of nitrogens with one attached hydrogen (secondary N) is 2. The van der Waals surface area contributed by atoms with Gasteiger partial charge >= 0.3 is 0 Å². The fraction of sp³-hybridized carbons (Fsp3) is 0.200. The second-order valence-corrected chi connectivity index (χ2v) is 7.56. The van der Waals surface area contributed by atoms with Crippen LogP contribution in [0.1, 0.15) is 22.5 Å². The highest BCUT2D eigenvalue weighted by Crippen LogP contribution is 2.27. The largest absolute Gasteiger partial charge is 0.332 e. The number of nitrogens with zero attached hydrogens (tertiary/aromatic N) is 2. The summed E-state index contributed by atoms with van der Waals surface area (Å²) in [6.07, 6.45) is 0. The van der Waals surface area contributed by atoms with Gasteiger partial charge in [-0.1, -0.05) is 17.7 Å². The van der Waals surface area contributed by atoms with Gasteiger partial charge in [0.05, 0.1) is 29.2 Å². The number of rotatable bonds is 4. The molecule has 0 aliphatic carbocycles. The molecule has 0 bridgehead atoms. The van der Waals surface area contributed by atoms with Crippen LogP contribution in [0.5, 0.6) is 0 Å². The van der Waals surface area contributed by atoms with Crippen LogP contribution in [0, 0.1) is 49.9 Å². The van der Waals surface area contributed by atoms with Crippen LogP contribution < -0.4 is 10.6 Å². The van der Waals surface area contributed by atoms with Gasteiger partial charge in [0.25, 0.3) is 0 Å². The summed E-state index contributed by atoms with van der Waals surface area (Å²) in [4.78, 5) is 0. The van der Waals surface area contributed by atoms with Crippen LogP contribution in [0.15, 0.2) is 18.2 Å². The molecule has 1 aromatic heterocycles. The zero-order chi connectivity index (χ0) is 23.0. The molecule has 0 amide bonds. The molecule has 31 heavy (non-hydrogen) atoms. The molecule has 0 saturated heterocycles. The van der Waals surface area contributed by atoms with Gasteiger partial charge in [-0.3, -0.25) is 4.68 Å². The van der Waals surface area contributed by atoms with Gasteiger partial charge in [0, 0.05) is 10.7 Å². The van der Waals surface area contributed by atoms with Crippen LogP contribution in [0.3, 0.4) is 0 Å². The summed E-state index contributed by atoms with van der Waals surface area (Å²) in [7, 11) is 0. The Morgan fingerprint density at radius 3 is 2.16 bits per heavy atom. The number of benzene rings is 2. The third kappa shape index (κ3) is 4.35. The van der Waals surface area contributed by atoms with Crippen LogP contribution in [-0.4, -0.2) is 14.9 Å². The van der Waals surface area contributed by atoms with E-state index in [0.29, 0.717) is 27.8 Å². The molecule has 0 fully saturated rings. The lowest BCUT2D eigenvalue weighted by Gasteiger charge is -2.14. The standard InChI is InChI=1S/C20H16ClF5N4S/c1-8-12(21)5-4-6-13(8)27-20(31)28-19-9(2)29-30(10(19)3)7-11-14(22)16(24)18(26)17(25)15(11)23/h4-6H,7H2,1-3H3,(H2,27,28,31). The molecule has 2 aromatic carbocycles. The minimum Gasteiger partial charge on any atom is -0.332 e. The lowest BCUT2D eigenvalue weighted by molar-refractivity contribution is 0.366. The van der Waals surface area contributed by atoms with Gasteiger partial charge in [-0.05, 0) is 50.7 Å². The fourth-order valence-electron chi connectivity index (χ4n) is 2.98. The zero-order valence-electron chi connectivity index (χ0n) is 16.5. The summed E-state index contributed by atoms with van der Waals surface area (Å²) >= 11 is 11.4. The van der Waals surface area contributed by atoms with Gasteiger partial charge in [0.1, 0.15) is 0 Å². The van der Waals surface area contributed by atoms with E-state index in [1.165, 1.54) is 0 Å². The normalized spacial score (nSPS) is 11.0. The van der Waals surface area contributed by atoms with E-state index in [0.717, 1.165) is 10.2 Å². The van der Waals surface area contributed by atoms with Crippen molar-refractivity contribution in [2.75, 3.05) is 10.6 Å². The first kappa shape index (κ1) is 23.0. The lowest BCUT2D eigenvalue weighted by Crippen LogP contribution is -2.20. The molecule has 164 valence electrons. The quantitative estimate of drug-likeness (QED) is 0.210. The van der Waals surface area contributed by atoms with Crippen LogP contribution in [0.25, 0.3) is 0 Å². The molecule has 1 heterocycles. The predicted octanol–water partition coefficient (Wildman–Crippen LogP) is 6.01. The Bertz CT molecular complexity index is 1170. The number of aryl methyl sites for hydroxylation is 1. The van der Waals surface area contributed by atoms with Crippen LogP contribution in [0.2, 0.25) is 5.02 Å². The number of aromatic nitrogens is 2. The van der Waals surface area contributed by atoms with E-state index in [-0.39, 0.29) is 5.11 Å². The van der Waals surface area contributed by atoms with Crippen molar-refractivity contribution >= 4 is 40.3 Å². The third-order valence-electron chi connectivity index (χ3n) is 4.74. The van der Waals surface area contributed by atoms with E-state index < -0.39 is 41.2 Å². The van der Waals surface area contributed by atoms with E-state index in [9.17, 15) is 22.0 Å². The Labute approximate surface area is 185 Å². The molecule has 0 aliphatic heterocycles. The SMILES string of the molecule is Cc1nn(Cc2c(F)c(F)c(F)c(F)c2F)c(C)c1NC(=S)Nc1cccc(Cl)c1C. The van der Waals surface area contributed by atoms with E-state index >= 15 is 0 Å². The van der Waals surface area contributed by atoms with Gasteiger partial charge < -0.3 is 10.6 Å². The summed E-state index contributed by atoms with van der Waals surface area (Å²) in [5, 5.41) is 10.8. The van der Waals surface area contributed by atoms with Crippen molar-refractivity contribution in [3.8, 4) is 0 Å². The van der Waals surface area contributed by atoms with Gasteiger partial charge in [-0.2, -0.15) is 5.10 Å². The topological polar surface area (TPSA) is 41.9 Å². The highest BCUT2D eigenvalue weighted by Gasteiger charge is 2.26. The van der Waals surface area contributed by atoms with E-state index in [4.69, 9.17) is 23.8 Å². The summed E-state index contributed by atoms with van der Waals surface area (Å²) in [5.74, 6) is -10.0. The maximum absolute atomic E-state index is 14.0. The van der Waals surface area contributed by atoms with Gasteiger partial charge in [-0.15, -0.1) is 0 Å². The number of anilines is 2. The first-order valence-corrected chi connectivity index (χ1v) is 9.69. The zero-order valence-corrected chi connectivity index (χ0v) is 18.1. The molecular weight excluding hydrogens is 459 g/mol. The highest BCUT2D eigenvalue weighted by atomic mass is 35.5. The van der Waals surface area contributed by atoms with Gasteiger partial charge in [-0.25, -0.2) is 22.0 Å². The molecule has 2 N–H and O–H groups in total. The molecule has 4 nitrogen and oxygen atoms in total. The molecule has 0 saturated carbocycles. The molecule has 0 atom stereocenters. The van der Waals surface area contributed by atoms with Crippen LogP contribution in [-0.2, 0) is 6.54 Å². The van der Waals surface area contributed by atoms with Gasteiger partial charge in [0.2, 0.25) is 5.82 Å². The minimum atomic E-state index is -2.21. The maximum atomic E-state index is 14.0. The first-order valence-electron chi connectivity index (χ1n) is 8.90. The average Bonchev–Trinajstić information content (AvgIpc) is 2.99. The van der Waals surface area contributed by atoms with Crippen molar-refractivity contribution in [1.29, 1.82) is 0 Å². The predicted molar refractivity (Wildman–Crippen MR) is 113 cm³/mol. The van der Waals surface area contributed by atoms with Crippen LogP contribution in [0.4, 0.5) is 33.3 Å². The Morgan fingerprint density at radius 2 is 1.55 bits per heavy atom. The maximum Gasteiger partial charge on any atom is 0.200 e. The van der Waals surface area contributed by atoms with Crippen molar-refractivity contribution in [2.24, 2.45) is 0 Å². The van der Waals surface area contributed by atoms with Crippen molar-refractivity contribution in [1.82, 2.24) is 9.78 Å². The van der Waals surface area contributed by atoms with E-state index in [2.05, 4.69) is 15.7 Å². The second kappa shape index (κ2) is 8.80. The number of halogens is 6. The molecule has 0 unspecified atom stereocenters. The summed E-state index contributed by atoms with van der Waals surface area (Å²) in [6, 6.07) is 5.26. The Balaban J connectivity index is 1.87. The van der Waals surface area contributed by atoms with E-state index in [1.54, 1.807) is 32.0 Å². The summed E-state index contributed by atoms with van der Waals surface area (Å²) in [5.41, 5.74) is 1.70. The van der Waals surface area contributed by atoms with Crippen molar-refractivity contribution in [3.63, 3.8) is 0 Å². The fourth-order valence-corrected chi connectivity index (χ4v) is 3.37. The molecule has 0 aliphatic rings. The Morgan fingerprint density at radius 1 is 0.968 bits per heavy atom. The Hall–Kier alpha value is -2.72. The second-order valence-electron chi connectivity index (χ2n) is 6.74. The monoisotopic (exact) mass is 474 g/mol. The molecular formula is C20H16ClF5N4S. The first-order chi connectivity index (χ1) is 14.5. The number of hydrogen-bond acceptors (Lipinski definition) is 2. The smallest absolute Gasteiger partial charge is 0.200 e. The molecule has 0 radical (unpaired) electrons. The highest BCUT2D eigenvalue weighted by molar-refractivity contribution is 7.80. The average molecular weight is 475 g/mol. The van der Waals surface area contributed by atoms with Crippen LogP contribution >= 0.6 is 23.8 Å². The van der Waals surface area contributed by atoms with E-state index in [1.807, 2.05) is 6.92 Å². The van der Waals surface area contributed by atoms with Crippen molar-refractivity contribution in [2.45, 2.75) is 27.3 Å². The van der Waals surface area contributed by atoms with Crippen molar-refractivity contribution < 1.29 is 22.0 Å². The molecule has 11 heteroatoms. The molecule has 3 aromatic rings. The lowest BCUT2D eigenvalue weighted by atomic mass is 10.1. The van der Waals surface area contributed by atoms with Gasteiger partial charge in [0.15, 0.2) is 28.4 Å². The number of hydrogen-bond donors (Lipinski definition) is 2. The minimum absolute atomic E-state index is 0.201. The molecule has 3 rings (SSSR count). The third-order valence-corrected chi connectivity index (χ3v) is 5.36. The summed E-state index contributed by atoms with van der Waals surface area (Å²) in [6.45, 7) is 4.33. The Kier molecular flexibility index (Phi) is 6.51. The van der Waals surface area contributed by atoms with Crippen molar-refractivity contribution in [3.05, 3.63) is 74.8 Å². The molecule has 0 spiro atoms.